The molecule has 1 fully saturated rings. The molecule has 1 aliphatic carbocycles. The van der Waals surface area contributed by atoms with E-state index in [1.165, 1.54) is 16.7 Å². The molecule has 192 valence electrons. The summed E-state index contributed by atoms with van der Waals surface area (Å²) in [5, 5.41) is 0. The number of fused-ring (bicyclic) bond motifs is 1. The lowest BCUT2D eigenvalue weighted by Gasteiger charge is -2.55. The number of benzene rings is 2. The van der Waals surface area contributed by atoms with E-state index < -0.39 is 9.84 Å². The van der Waals surface area contributed by atoms with Crippen LogP contribution in [0.1, 0.15) is 68.2 Å². The zero-order chi connectivity index (χ0) is 25.2. The Balaban J connectivity index is 1.45. The summed E-state index contributed by atoms with van der Waals surface area (Å²) in [5.41, 5.74) is 3.63. The highest BCUT2D eigenvalue weighted by molar-refractivity contribution is 7.91. The zero-order valence-corrected chi connectivity index (χ0v) is 21.8. The van der Waals surface area contributed by atoms with E-state index in [0.717, 1.165) is 50.2 Å². The van der Waals surface area contributed by atoms with Crippen LogP contribution in [0, 0.1) is 5.82 Å². The first kappa shape index (κ1) is 25.0. The van der Waals surface area contributed by atoms with E-state index in [9.17, 15) is 12.8 Å². The first-order valence-corrected chi connectivity index (χ1v) is 14.9. The number of hydrogen-bond acceptors (Lipinski definition) is 5. The van der Waals surface area contributed by atoms with E-state index in [2.05, 4.69) is 23.1 Å². The molecule has 5 rings (SSSR count). The van der Waals surface area contributed by atoms with E-state index >= 15 is 0 Å². The standard InChI is InChI=1S/C29H35FN2O3S/c1-2-19-36(33,34)20-5-18-35-25-12-7-22-13-17-32(27-6-3-16-31-27)28(26(22)21-25)29(14-4-15-29)23-8-10-24(30)11-9-23/h3,7-12,16,21,28H,2,4-6,13-15,17-20H2,1H3. The molecule has 1 unspecified atom stereocenters. The van der Waals surface area contributed by atoms with Gasteiger partial charge in [-0.05, 0) is 73.1 Å². The van der Waals surface area contributed by atoms with Gasteiger partial charge < -0.3 is 9.64 Å². The van der Waals surface area contributed by atoms with Crippen LogP contribution in [0.15, 0.2) is 59.7 Å². The quantitative estimate of drug-likeness (QED) is 0.403. The highest BCUT2D eigenvalue weighted by Crippen LogP contribution is 2.56. The number of ether oxygens (including phenoxy) is 1. The Morgan fingerprint density at radius 2 is 1.94 bits per heavy atom. The largest absolute Gasteiger partial charge is 0.494 e. The third-order valence-electron chi connectivity index (χ3n) is 7.88. The van der Waals surface area contributed by atoms with Crippen molar-refractivity contribution < 1.29 is 17.5 Å². The minimum absolute atomic E-state index is 0.0904. The Labute approximate surface area is 214 Å². The van der Waals surface area contributed by atoms with Crippen molar-refractivity contribution in [2.75, 3.05) is 24.7 Å². The summed E-state index contributed by atoms with van der Waals surface area (Å²) in [5.74, 6) is 2.03. The summed E-state index contributed by atoms with van der Waals surface area (Å²) < 4.78 is 44.0. The van der Waals surface area contributed by atoms with Crippen LogP contribution in [-0.4, -0.2) is 43.8 Å². The van der Waals surface area contributed by atoms with Crippen LogP contribution in [0.3, 0.4) is 0 Å². The average Bonchev–Trinajstić information content (AvgIpc) is 3.37. The van der Waals surface area contributed by atoms with Crippen LogP contribution < -0.4 is 4.74 Å². The smallest absolute Gasteiger partial charge is 0.150 e. The van der Waals surface area contributed by atoms with Gasteiger partial charge in [-0.3, -0.25) is 0 Å². The van der Waals surface area contributed by atoms with Crippen molar-refractivity contribution in [1.82, 2.24) is 4.90 Å². The molecule has 7 heteroatoms. The van der Waals surface area contributed by atoms with Gasteiger partial charge in [-0.25, -0.2) is 17.8 Å². The van der Waals surface area contributed by atoms with Crippen LogP contribution in [0.4, 0.5) is 4.39 Å². The first-order chi connectivity index (χ1) is 17.4. The van der Waals surface area contributed by atoms with E-state index in [1.807, 2.05) is 31.3 Å². The number of hydrogen-bond donors (Lipinski definition) is 0. The molecule has 0 aromatic heterocycles. The normalized spacial score (nSPS) is 20.6. The van der Waals surface area contributed by atoms with E-state index in [1.54, 1.807) is 12.1 Å². The van der Waals surface area contributed by atoms with Crippen molar-refractivity contribution in [3.8, 4) is 5.75 Å². The van der Waals surface area contributed by atoms with Crippen molar-refractivity contribution in [3.05, 3.63) is 77.2 Å². The molecule has 1 saturated carbocycles. The second-order valence-corrected chi connectivity index (χ2v) is 12.5. The van der Waals surface area contributed by atoms with Gasteiger partial charge in [0, 0.05) is 30.3 Å². The van der Waals surface area contributed by atoms with E-state index in [0.29, 0.717) is 19.4 Å². The molecule has 0 saturated heterocycles. The minimum Gasteiger partial charge on any atom is -0.494 e. The zero-order valence-electron chi connectivity index (χ0n) is 21.0. The number of amidine groups is 1. The van der Waals surface area contributed by atoms with Crippen LogP contribution in [0.2, 0.25) is 0 Å². The number of halogens is 1. The molecule has 2 heterocycles. The van der Waals surface area contributed by atoms with Crippen LogP contribution in [0.5, 0.6) is 5.75 Å². The lowest BCUT2D eigenvalue weighted by Crippen LogP contribution is -2.52. The third kappa shape index (κ3) is 4.95. The molecular formula is C29H35FN2O3S. The average molecular weight is 511 g/mol. The van der Waals surface area contributed by atoms with Gasteiger partial charge in [0.2, 0.25) is 0 Å². The highest BCUT2D eigenvalue weighted by Gasteiger charge is 2.51. The Morgan fingerprint density at radius 3 is 2.61 bits per heavy atom. The monoisotopic (exact) mass is 510 g/mol. The Morgan fingerprint density at radius 1 is 1.14 bits per heavy atom. The fourth-order valence-corrected chi connectivity index (χ4v) is 7.42. The molecule has 5 nitrogen and oxygen atoms in total. The number of sulfone groups is 1. The van der Waals surface area contributed by atoms with Gasteiger partial charge in [-0.2, -0.15) is 0 Å². The first-order valence-electron chi connectivity index (χ1n) is 13.1. The SMILES string of the molecule is CCCS(=O)(=O)CCCOc1ccc2c(c1)C(C1(c3ccc(F)cc3)CCC1)N(C1=NC=CC1)CC2. The predicted octanol–water partition coefficient (Wildman–Crippen LogP) is 5.76. The van der Waals surface area contributed by atoms with Gasteiger partial charge in [-0.15, -0.1) is 0 Å². The highest BCUT2D eigenvalue weighted by atomic mass is 32.2. The summed E-state index contributed by atoms with van der Waals surface area (Å²) in [6.07, 6.45) is 10.1. The van der Waals surface area contributed by atoms with Gasteiger partial charge in [0.15, 0.2) is 0 Å². The van der Waals surface area contributed by atoms with Gasteiger partial charge in [0.1, 0.15) is 27.2 Å². The van der Waals surface area contributed by atoms with Gasteiger partial charge in [0.05, 0.1) is 18.4 Å². The second-order valence-electron chi connectivity index (χ2n) is 10.2. The summed E-state index contributed by atoms with van der Waals surface area (Å²) >= 11 is 0. The number of aliphatic imine (C=N–C) groups is 1. The van der Waals surface area contributed by atoms with Crippen LogP contribution >= 0.6 is 0 Å². The maximum absolute atomic E-state index is 13.8. The fraction of sp³-hybridized carbons (Fsp3) is 0.483. The fourth-order valence-electron chi connectivity index (χ4n) is 6.04. The predicted molar refractivity (Wildman–Crippen MR) is 142 cm³/mol. The van der Waals surface area contributed by atoms with Crippen molar-refractivity contribution in [3.63, 3.8) is 0 Å². The van der Waals surface area contributed by atoms with E-state index in [-0.39, 0.29) is 28.8 Å². The molecule has 1 atom stereocenters. The number of rotatable bonds is 9. The minimum atomic E-state index is -3.01. The lowest BCUT2D eigenvalue weighted by molar-refractivity contribution is 0.0986. The summed E-state index contributed by atoms with van der Waals surface area (Å²) in [6.45, 7) is 3.15. The molecule has 0 bridgehead atoms. The molecule has 0 radical (unpaired) electrons. The molecule has 0 amide bonds. The topological polar surface area (TPSA) is 59.0 Å². The maximum Gasteiger partial charge on any atom is 0.150 e. The van der Waals surface area contributed by atoms with Crippen molar-refractivity contribution in [2.24, 2.45) is 4.99 Å². The molecule has 0 spiro atoms. The van der Waals surface area contributed by atoms with Crippen molar-refractivity contribution in [2.45, 2.75) is 63.3 Å². The Hall–Kier alpha value is -2.67. The van der Waals surface area contributed by atoms with Gasteiger partial charge in [-0.1, -0.05) is 37.6 Å². The third-order valence-corrected chi connectivity index (χ3v) is 9.82. The Bertz CT molecular complexity index is 1250. The molecule has 2 aromatic rings. The summed E-state index contributed by atoms with van der Waals surface area (Å²) in [6, 6.07) is 13.5. The Kier molecular flexibility index (Phi) is 7.20. The molecule has 36 heavy (non-hydrogen) atoms. The second kappa shape index (κ2) is 10.4. The molecule has 2 aliphatic heterocycles. The molecule has 2 aromatic carbocycles. The number of nitrogens with zero attached hydrogens (tertiary/aromatic N) is 2. The lowest BCUT2D eigenvalue weighted by atomic mass is 9.57. The van der Waals surface area contributed by atoms with Gasteiger partial charge in [0.25, 0.3) is 0 Å². The van der Waals surface area contributed by atoms with Crippen molar-refractivity contribution in [1.29, 1.82) is 0 Å². The summed E-state index contributed by atoms with van der Waals surface area (Å²) in [4.78, 5) is 7.16. The molecule has 0 N–H and O–H groups in total. The molecule has 3 aliphatic rings. The van der Waals surface area contributed by atoms with Gasteiger partial charge >= 0.3 is 0 Å². The molecular weight excluding hydrogens is 475 g/mol. The van der Waals surface area contributed by atoms with Crippen molar-refractivity contribution >= 4 is 15.7 Å². The van der Waals surface area contributed by atoms with Crippen LogP contribution in [0.25, 0.3) is 0 Å². The summed E-state index contributed by atoms with van der Waals surface area (Å²) in [7, 11) is -3.01. The van der Waals surface area contributed by atoms with E-state index in [4.69, 9.17) is 9.73 Å². The van der Waals surface area contributed by atoms with Crippen LogP contribution in [-0.2, 0) is 21.7 Å². The maximum atomic E-state index is 13.8.